The summed E-state index contributed by atoms with van der Waals surface area (Å²) in [5, 5.41) is 7.05. The number of hydrogen-bond donors (Lipinski definition) is 1. The van der Waals surface area contributed by atoms with Gasteiger partial charge in [-0.1, -0.05) is 42.1 Å². The molecule has 1 aliphatic rings. The van der Waals surface area contributed by atoms with Gasteiger partial charge >= 0.3 is 5.69 Å². The monoisotopic (exact) mass is 318 g/mol. The van der Waals surface area contributed by atoms with Crippen LogP contribution in [-0.4, -0.2) is 44.4 Å². The summed E-state index contributed by atoms with van der Waals surface area (Å²) < 4.78 is 1.57. The van der Waals surface area contributed by atoms with Crippen LogP contribution in [0.3, 0.4) is 0 Å². The molecule has 0 spiro atoms. The first-order valence-electron chi connectivity index (χ1n) is 7.34. The average Bonchev–Trinajstić information content (AvgIpc) is 3.18. The van der Waals surface area contributed by atoms with E-state index in [0.29, 0.717) is 17.5 Å². The second-order valence-electron chi connectivity index (χ2n) is 5.26. The van der Waals surface area contributed by atoms with Gasteiger partial charge in [-0.25, -0.2) is 9.89 Å². The van der Waals surface area contributed by atoms with E-state index < -0.39 is 0 Å². The number of carbonyl (C=O) groups is 1. The Bertz CT molecular complexity index is 689. The molecule has 0 saturated carbocycles. The molecule has 1 amide bonds. The van der Waals surface area contributed by atoms with Gasteiger partial charge in [-0.05, 0) is 18.4 Å². The Morgan fingerprint density at radius 3 is 2.68 bits per heavy atom. The number of carbonyl (C=O) groups excluding carboxylic acids is 1. The van der Waals surface area contributed by atoms with E-state index in [4.69, 9.17) is 0 Å². The average molecular weight is 318 g/mol. The molecule has 6 nitrogen and oxygen atoms in total. The Hall–Kier alpha value is -2.02. The number of amides is 1. The minimum atomic E-state index is -0.250. The SMILES string of the molecule is O=C(CSc1n[nH]c(=O)n1Cc1ccccc1)N1CCCC1. The third kappa shape index (κ3) is 3.41. The lowest BCUT2D eigenvalue weighted by atomic mass is 10.2. The van der Waals surface area contributed by atoms with Gasteiger partial charge in [0.15, 0.2) is 5.16 Å². The smallest absolute Gasteiger partial charge is 0.342 e. The number of hydrogen-bond acceptors (Lipinski definition) is 4. The molecular formula is C15H18N4O2S. The molecular weight excluding hydrogens is 300 g/mol. The minimum absolute atomic E-state index is 0.115. The van der Waals surface area contributed by atoms with Crippen molar-refractivity contribution in [3.63, 3.8) is 0 Å². The third-order valence-electron chi connectivity index (χ3n) is 3.69. The molecule has 0 radical (unpaired) electrons. The van der Waals surface area contributed by atoms with E-state index in [0.717, 1.165) is 31.5 Å². The maximum absolute atomic E-state index is 12.1. The Balaban J connectivity index is 1.67. The van der Waals surface area contributed by atoms with Crippen LogP contribution < -0.4 is 5.69 Å². The van der Waals surface area contributed by atoms with Crippen molar-refractivity contribution < 1.29 is 4.79 Å². The molecule has 2 aromatic rings. The number of rotatable bonds is 5. The fourth-order valence-corrected chi connectivity index (χ4v) is 3.35. The summed E-state index contributed by atoms with van der Waals surface area (Å²) in [7, 11) is 0. The summed E-state index contributed by atoms with van der Waals surface area (Å²) in [5.41, 5.74) is 0.777. The molecule has 1 saturated heterocycles. The van der Waals surface area contributed by atoms with Crippen molar-refractivity contribution in [2.24, 2.45) is 0 Å². The van der Waals surface area contributed by atoms with Gasteiger partial charge in [0.2, 0.25) is 5.91 Å². The molecule has 0 bridgehead atoms. The van der Waals surface area contributed by atoms with Crippen LogP contribution in [0.15, 0.2) is 40.3 Å². The molecule has 0 atom stereocenters. The molecule has 0 unspecified atom stereocenters. The van der Waals surface area contributed by atoms with Crippen molar-refractivity contribution in [2.45, 2.75) is 24.5 Å². The Kier molecular flexibility index (Phi) is 4.62. The molecule has 1 N–H and O–H groups in total. The Labute approximate surface area is 132 Å². The predicted molar refractivity (Wildman–Crippen MR) is 84.9 cm³/mol. The zero-order valence-corrected chi connectivity index (χ0v) is 13.0. The lowest BCUT2D eigenvalue weighted by Gasteiger charge is -2.14. The first-order chi connectivity index (χ1) is 10.7. The fourth-order valence-electron chi connectivity index (χ4n) is 2.50. The molecule has 1 fully saturated rings. The van der Waals surface area contributed by atoms with Crippen LogP contribution >= 0.6 is 11.8 Å². The normalized spacial score (nSPS) is 14.5. The van der Waals surface area contributed by atoms with Gasteiger partial charge < -0.3 is 4.90 Å². The minimum Gasteiger partial charge on any atom is -0.342 e. The van der Waals surface area contributed by atoms with Gasteiger partial charge in [0, 0.05) is 13.1 Å². The Morgan fingerprint density at radius 2 is 1.95 bits per heavy atom. The van der Waals surface area contributed by atoms with Crippen molar-refractivity contribution in [3.8, 4) is 0 Å². The number of nitrogens with one attached hydrogen (secondary N) is 1. The topological polar surface area (TPSA) is 71.0 Å². The highest BCUT2D eigenvalue weighted by molar-refractivity contribution is 7.99. The van der Waals surface area contributed by atoms with Crippen LogP contribution in [0.2, 0.25) is 0 Å². The van der Waals surface area contributed by atoms with E-state index in [-0.39, 0.29) is 11.6 Å². The maximum atomic E-state index is 12.1. The summed E-state index contributed by atoms with van der Waals surface area (Å²) in [5.74, 6) is 0.434. The number of aromatic amines is 1. The van der Waals surface area contributed by atoms with Gasteiger partial charge in [-0.2, -0.15) is 0 Å². The van der Waals surface area contributed by atoms with Crippen molar-refractivity contribution in [1.29, 1.82) is 0 Å². The summed E-state index contributed by atoms with van der Waals surface area (Å²) in [6.45, 7) is 2.14. The van der Waals surface area contributed by atoms with Gasteiger partial charge in [0.25, 0.3) is 0 Å². The lowest BCUT2D eigenvalue weighted by Crippen LogP contribution is -2.29. The second-order valence-corrected chi connectivity index (χ2v) is 6.20. The van der Waals surface area contributed by atoms with Crippen LogP contribution in [0.1, 0.15) is 18.4 Å². The molecule has 3 rings (SSSR count). The van der Waals surface area contributed by atoms with Gasteiger partial charge in [-0.15, -0.1) is 5.10 Å². The first-order valence-corrected chi connectivity index (χ1v) is 8.32. The highest BCUT2D eigenvalue weighted by Gasteiger charge is 2.19. The van der Waals surface area contributed by atoms with Crippen LogP contribution in [0.5, 0.6) is 0 Å². The van der Waals surface area contributed by atoms with Crippen molar-refractivity contribution in [1.82, 2.24) is 19.7 Å². The summed E-state index contributed by atoms with van der Waals surface area (Å²) in [6, 6.07) is 9.73. The van der Waals surface area contributed by atoms with Crippen molar-refractivity contribution >= 4 is 17.7 Å². The zero-order chi connectivity index (χ0) is 15.4. The highest BCUT2D eigenvalue weighted by atomic mass is 32.2. The number of likely N-dealkylation sites (tertiary alicyclic amines) is 1. The first kappa shape index (κ1) is 14.9. The third-order valence-corrected chi connectivity index (χ3v) is 4.65. The molecule has 22 heavy (non-hydrogen) atoms. The lowest BCUT2D eigenvalue weighted by molar-refractivity contribution is -0.127. The molecule has 7 heteroatoms. The zero-order valence-electron chi connectivity index (χ0n) is 12.2. The Morgan fingerprint density at radius 1 is 1.23 bits per heavy atom. The number of nitrogens with zero attached hydrogens (tertiary/aromatic N) is 3. The number of H-pyrrole nitrogens is 1. The predicted octanol–water partition coefficient (Wildman–Crippen LogP) is 1.33. The number of thioether (sulfide) groups is 1. The van der Waals surface area contributed by atoms with Crippen LogP contribution in [-0.2, 0) is 11.3 Å². The fraction of sp³-hybridized carbons (Fsp3) is 0.400. The van der Waals surface area contributed by atoms with Gasteiger partial charge in [-0.3, -0.25) is 9.36 Å². The van der Waals surface area contributed by atoms with E-state index in [2.05, 4.69) is 10.2 Å². The van der Waals surface area contributed by atoms with Crippen LogP contribution in [0, 0.1) is 0 Å². The second kappa shape index (κ2) is 6.83. The number of aromatic nitrogens is 3. The number of benzene rings is 1. The van der Waals surface area contributed by atoms with E-state index >= 15 is 0 Å². The molecule has 2 heterocycles. The van der Waals surface area contributed by atoms with Gasteiger partial charge in [0.05, 0.1) is 12.3 Å². The maximum Gasteiger partial charge on any atom is 0.344 e. The molecule has 0 aliphatic carbocycles. The van der Waals surface area contributed by atoms with E-state index in [1.54, 1.807) is 4.57 Å². The highest BCUT2D eigenvalue weighted by Crippen LogP contribution is 2.17. The largest absolute Gasteiger partial charge is 0.344 e. The van der Waals surface area contributed by atoms with E-state index in [1.165, 1.54) is 11.8 Å². The summed E-state index contributed by atoms with van der Waals surface area (Å²) in [6.07, 6.45) is 2.16. The molecule has 1 aromatic heterocycles. The van der Waals surface area contributed by atoms with Gasteiger partial charge in [0.1, 0.15) is 0 Å². The summed E-state index contributed by atoms with van der Waals surface area (Å²) in [4.78, 5) is 25.8. The summed E-state index contributed by atoms with van der Waals surface area (Å²) >= 11 is 1.31. The quantitative estimate of drug-likeness (QED) is 0.845. The molecule has 1 aliphatic heterocycles. The van der Waals surface area contributed by atoms with Crippen molar-refractivity contribution in [3.05, 3.63) is 46.4 Å². The van der Waals surface area contributed by atoms with E-state index in [1.807, 2.05) is 35.2 Å². The van der Waals surface area contributed by atoms with Crippen LogP contribution in [0.25, 0.3) is 0 Å². The van der Waals surface area contributed by atoms with E-state index in [9.17, 15) is 9.59 Å². The molecule has 1 aromatic carbocycles. The van der Waals surface area contributed by atoms with Crippen molar-refractivity contribution in [2.75, 3.05) is 18.8 Å². The standard InChI is InChI=1S/C15H18N4O2S/c20-13(18-8-4-5-9-18)11-22-15-17-16-14(21)19(15)10-12-6-2-1-3-7-12/h1-3,6-7H,4-5,8-11H2,(H,16,21). The van der Waals surface area contributed by atoms with Crippen LogP contribution in [0.4, 0.5) is 0 Å². The molecule has 116 valence electrons.